The molecule has 0 saturated carbocycles. The highest BCUT2D eigenvalue weighted by atomic mass is 35.5. The Morgan fingerprint density at radius 3 is 2.54 bits per heavy atom. The number of alkyl halides is 3. The number of carbonyl (C=O) groups excluding carboxylic acids is 1. The minimum atomic E-state index is -4.83. The number of nitrogens with one attached hydrogen (secondary N) is 1. The number of ether oxygens (including phenoxy) is 2. The van der Waals surface area contributed by atoms with Crippen molar-refractivity contribution < 1.29 is 27.4 Å². The number of hydrogen-bond donors (Lipinski definition) is 1. The van der Waals surface area contributed by atoms with Crippen LogP contribution in [0.1, 0.15) is 18.4 Å². The summed E-state index contributed by atoms with van der Waals surface area (Å²) in [4.78, 5) is 21.9. The van der Waals surface area contributed by atoms with E-state index in [1.165, 1.54) is 6.07 Å². The zero-order valence-electron chi connectivity index (χ0n) is 20.7. The number of nitrogens with zero attached hydrogens (tertiary/aromatic N) is 3. The number of aryl methyl sites for hydroxylation is 1. The number of aromatic nitrogens is 1. The molecule has 3 aromatic rings. The maximum Gasteiger partial charge on any atom is 0.573 e. The van der Waals surface area contributed by atoms with Gasteiger partial charge in [-0.2, -0.15) is 0 Å². The number of pyridine rings is 1. The average Bonchev–Trinajstić information content (AvgIpc) is 2.83. The number of piperidine rings is 1. The number of rotatable bonds is 7. The molecule has 1 saturated heterocycles. The van der Waals surface area contributed by atoms with Crippen molar-refractivity contribution in [3.8, 4) is 11.5 Å². The Hall–Kier alpha value is -3.24. The van der Waals surface area contributed by atoms with Crippen LogP contribution in [0.4, 0.5) is 24.7 Å². The molecule has 7 nitrogen and oxygen atoms in total. The Kier molecular flexibility index (Phi) is 7.99. The third-order valence-corrected chi connectivity index (χ3v) is 6.60. The molecule has 1 N–H and O–H groups in total. The molecule has 37 heavy (non-hydrogen) atoms. The largest absolute Gasteiger partial charge is 0.573 e. The van der Waals surface area contributed by atoms with Crippen LogP contribution >= 0.6 is 11.6 Å². The van der Waals surface area contributed by atoms with Crippen molar-refractivity contribution in [1.82, 2.24) is 9.88 Å². The number of amides is 1. The highest BCUT2D eigenvalue weighted by Gasteiger charge is 2.31. The predicted molar refractivity (Wildman–Crippen MR) is 138 cm³/mol. The van der Waals surface area contributed by atoms with Crippen molar-refractivity contribution in [1.29, 1.82) is 0 Å². The van der Waals surface area contributed by atoms with Crippen LogP contribution in [0.15, 0.2) is 42.5 Å². The molecule has 1 aliphatic rings. The molecule has 0 atom stereocenters. The first-order chi connectivity index (χ1) is 17.5. The third-order valence-electron chi connectivity index (χ3n) is 6.30. The Balaban J connectivity index is 1.38. The van der Waals surface area contributed by atoms with Crippen LogP contribution in [0.3, 0.4) is 0 Å². The molecular formula is C26H28ClF3N4O3. The van der Waals surface area contributed by atoms with Gasteiger partial charge in [-0.05, 0) is 75.8 Å². The second kappa shape index (κ2) is 11.0. The van der Waals surface area contributed by atoms with Crippen LogP contribution in [-0.2, 0) is 4.79 Å². The van der Waals surface area contributed by atoms with Crippen molar-refractivity contribution in [3.05, 3.63) is 53.1 Å². The lowest BCUT2D eigenvalue weighted by Crippen LogP contribution is -2.42. The monoisotopic (exact) mass is 536 g/mol. The van der Waals surface area contributed by atoms with Gasteiger partial charge in [0, 0.05) is 36.3 Å². The summed E-state index contributed by atoms with van der Waals surface area (Å²) in [6.07, 6.45) is -2.64. The molecule has 1 aromatic heterocycles. The van der Waals surface area contributed by atoms with Crippen LogP contribution in [0, 0.1) is 6.92 Å². The number of halogens is 4. The SMILES string of the molecule is Cc1cc(N2CCC(N(C)C)CC2)nc2ccc(NC(=O)COc3ccc(OC(F)(F)F)cc3Cl)cc12. The normalized spacial score (nSPS) is 14.8. The van der Waals surface area contributed by atoms with Crippen LogP contribution in [-0.4, -0.2) is 62.0 Å². The maximum atomic E-state index is 12.4. The van der Waals surface area contributed by atoms with Crippen molar-refractivity contribution >= 4 is 39.9 Å². The van der Waals surface area contributed by atoms with E-state index in [2.05, 4.69) is 40.0 Å². The number of hydrogen-bond acceptors (Lipinski definition) is 6. The maximum absolute atomic E-state index is 12.4. The highest BCUT2D eigenvalue weighted by molar-refractivity contribution is 6.32. The fraction of sp³-hybridized carbons (Fsp3) is 0.385. The summed E-state index contributed by atoms with van der Waals surface area (Å²) in [5.41, 5.74) is 2.47. The fourth-order valence-corrected chi connectivity index (χ4v) is 4.59. The molecule has 198 valence electrons. The number of carbonyl (C=O) groups is 1. The van der Waals surface area contributed by atoms with Gasteiger partial charge in [-0.15, -0.1) is 13.2 Å². The number of benzene rings is 2. The average molecular weight is 537 g/mol. The number of fused-ring (bicyclic) bond motifs is 1. The molecule has 2 aromatic carbocycles. The lowest BCUT2D eigenvalue weighted by molar-refractivity contribution is -0.274. The van der Waals surface area contributed by atoms with Gasteiger partial charge in [0.15, 0.2) is 6.61 Å². The van der Waals surface area contributed by atoms with E-state index in [0.29, 0.717) is 11.7 Å². The van der Waals surface area contributed by atoms with Gasteiger partial charge in [-0.25, -0.2) is 4.98 Å². The summed E-state index contributed by atoms with van der Waals surface area (Å²) in [5, 5.41) is 3.58. The first kappa shape index (κ1) is 26.8. The number of anilines is 2. The summed E-state index contributed by atoms with van der Waals surface area (Å²) in [5.74, 6) is 0.0932. The van der Waals surface area contributed by atoms with E-state index in [1.54, 1.807) is 6.07 Å². The van der Waals surface area contributed by atoms with Gasteiger partial charge in [0.05, 0.1) is 10.5 Å². The van der Waals surface area contributed by atoms with Crippen molar-refractivity contribution in [2.75, 3.05) is 44.0 Å². The second-order valence-electron chi connectivity index (χ2n) is 9.19. The zero-order valence-corrected chi connectivity index (χ0v) is 21.5. The summed E-state index contributed by atoms with van der Waals surface area (Å²) >= 11 is 5.96. The van der Waals surface area contributed by atoms with Crippen LogP contribution in [0.2, 0.25) is 5.02 Å². The van der Waals surface area contributed by atoms with Crippen molar-refractivity contribution in [2.45, 2.75) is 32.2 Å². The van der Waals surface area contributed by atoms with E-state index >= 15 is 0 Å². The molecule has 0 radical (unpaired) electrons. The smallest absolute Gasteiger partial charge is 0.482 e. The van der Waals surface area contributed by atoms with Crippen molar-refractivity contribution in [2.24, 2.45) is 0 Å². The van der Waals surface area contributed by atoms with Crippen molar-refractivity contribution in [3.63, 3.8) is 0 Å². The molecule has 0 bridgehead atoms. The van der Waals surface area contributed by atoms with Gasteiger partial charge in [-0.1, -0.05) is 11.6 Å². The van der Waals surface area contributed by atoms with E-state index in [1.807, 2.05) is 19.1 Å². The molecule has 0 unspecified atom stereocenters. The molecule has 1 amide bonds. The Morgan fingerprint density at radius 1 is 1.16 bits per heavy atom. The lowest BCUT2D eigenvalue weighted by atomic mass is 10.0. The Bertz CT molecular complexity index is 1280. The quantitative estimate of drug-likeness (QED) is 0.421. The Morgan fingerprint density at radius 2 is 1.89 bits per heavy atom. The van der Waals surface area contributed by atoms with E-state index in [0.717, 1.165) is 60.3 Å². The minimum Gasteiger partial charge on any atom is -0.482 e. The lowest BCUT2D eigenvalue weighted by Gasteiger charge is -2.36. The topological polar surface area (TPSA) is 66.9 Å². The summed E-state index contributed by atoms with van der Waals surface area (Å²) in [6, 6.07) is 11.4. The fourth-order valence-electron chi connectivity index (χ4n) is 4.36. The van der Waals surface area contributed by atoms with E-state index < -0.39 is 18.0 Å². The molecule has 4 rings (SSSR count). The summed E-state index contributed by atoms with van der Waals surface area (Å²) in [6.45, 7) is 3.55. The van der Waals surface area contributed by atoms with Gasteiger partial charge in [-0.3, -0.25) is 4.79 Å². The van der Waals surface area contributed by atoms with E-state index in [4.69, 9.17) is 21.3 Å². The standard InChI is InChI=1S/C26H28ClF3N4O3/c1-16-12-24(34-10-8-18(9-11-34)33(2)3)32-22-6-4-17(13-20(16)22)31-25(35)15-36-23-7-5-19(14-21(23)27)37-26(28,29)30/h4-7,12-14,18H,8-11,15H2,1-3H3,(H,31,35). The molecule has 2 heterocycles. The van der Waals surface area contributed by atoms with Gasteiger partial charge >= 0.3 is 6.36 Å². The molecule has 1 aliphatic heterocycles. The van der Waals surface area contributed by atoms with Gasteiger partial charge in [0.1, 0.15) is 17.3 Å². The zero-order chi connectivity index (χ0) is 26.7. The van der Waals surface area contributed by atoms with Gasteiger partial charge in [0.25, 0.3) is 5.91 Å². The van der Waals surface area contributed by atoms with Crippen LogP contribution < -0.4 is 19.7 Å². The Labute approximate surface area is 218 Å². The van der Waals surface area contributed by atoms with Gasteiger partial charge < -0.3 is 24.6 Å². The van der Waals surface area contributed by atoms with E-state index in [-0.39, 0.29) is 17.4 Å². The van der Waals surface area contributed by atoms with Gasteiger partial charge in [0.2, 0.25) is 0 Å². The molecular weight excluding hydrogens is 509 g/mol. The minimum absolute atomic E-state index is 0.0621. The first-order valence-electron chi connectivity index (χ1n) is 11.8. The predicted octanol–water partition coefficient (Wildman–Crippen LogP) is 5.64. The molecule has 0 spiro atoms. The molecule has 1 fully saturated rings. The third kappa shape index (κ3) is 6.95. The second-order valence-corrected chi connectivity index (χ2v) is 9.60. The summed E-state index contributed by atoms with van der Waals surface area (Å²) in [7, 11) is 4.23. The highest BCUT2D eigenvalue weighted by Crippen LogP contribution is 2.32. The van der Waals surface area contributed by atoms with Crippen LogP contribution in [0.5, 0.6) is 11.5 Å². The van der Waals surface area contributed by atoms with Crippen LogP contribution in [0.25, 0.3) is 10.9 Å². The van der Waals surface area contributed by atoms with E-state index in [9.17, 15) is 18.0 Å². The first-order valence-corrected chi connectivity index (χ1v) is 12.2. The summed E-state index contributed by atoms with van der Waals surface area (Å²) < 4.78 is 46.2. The molecule has 0 aliphatic carbocycles. The molecule has 11 heteroatoms.